The number of anilines is 2. The maximum Gasteiger partial charge on any atom is 0.255 e. The van der Waals surface area contributed by atoms with Crippen molar-refractivity contribution in [2.24, 2.45) is 0 Å². The van der Waals surface area contributed by atoms with Crippen LogP contribution in [0.1, 0.15) is 22.8 Å². The van der Waals surface area contributed by atoms with E-state index in [0.29, 0.717) is 34.9 Å². The highest BCUT2D eigenvalue weighted by Gasteiger charge is 2.18. The predicted octanol–water partition coefficient (Wildman–Crippen LogP) is 6.20. The van der Waals surface area contributed by atoms with Gasteiger partial charge in [0, 0.05) is 28.1 Å². The van der Waals surface area contributed by atoms with E-state index in [1.807, 2.05) is 49.4 Å². The van der Waals surface area contributed by atoms with Crippen LogP contribution in [0.5, 0.6) is 5.75 Å². The van der Waals surface area contributed by atoms with Gasteiger partial charge >= 0.3 is 0 Å². The number of hydrogen-bond donors (Lipinski definition) is 1. The molecule has 37 heavy (non-hydrogen) atoms. The molecule has 4 aromatic carbocycles. The lowest BCUT2D eigenvalue weighted by atomic mass is 10.1. The average Bonchev–Trinajstić information content (AvgIpc) is 3.25. The summed E-state index contributed by atoms with van der Waals surface area (Å²) in [6.45, 7) is 2.56. The minimum Gasteiger partial charge on any atom is -0.494 e. The molecule has 188 valence electrons. The monoisotopic (exact) mass is 514 g/mol. The first kappa shape index (κ1) is 24.4. The van der Waals surface area contributed by atoms with E-state index >= 15 is 0 Å². The number of fused-ring (bicyclic) bond motifs is 3. The molecule has 5 aromatic rings. The average molecular weight is 515 g/mol. The van der Waals surface area contributed by atoms with E-state index in [1.165, 1.54) is 10.6 Å². The first-order valence-electron chi connectivity index (χ1n) is 11.8. The minimum atomic E-state index is -3.53. The fourth-order valence-corrected chi connectivity index (χ4v) is 5.10. The highest BCUT2D eigenvalue weighted by atomic mass is 32.2. The highest BCUT2D eigenvalue weighted by Crippen LogP contribution is 2.30. The van der Waals surface area contributed by atoms with Crippen molar-refractivity contribution in [1.82, 2.24) is 0 Å². The maximum atomic E-state index is 12.9. The number of nitrogens with zero attached hydrogens (tertiary/aromatic N) is 1. The SMILES string of the molecule is CCOc1ccc(N(Cc2ccc(C(=O)Nc3ccc4c(c3)oc3ccccc34)cc2)S(C)(=O)=O)cc1. The second kappa shape index (κ2) is 9.99. The molecule has 0 atom stereocenters. The van der Waals surface area contributed by atoms with Crippen LogP contribution in [0.25, 0.3) is 21.9 Å². The highest BCUT2D eigenvalue weighted by molar-refractivity contribution is 7.92. The Bertz CT molecular complexity index is 1670. The van der Waals surface area contributed by atoms with Gasteiger partial charge in [-0.05, 0) is 67.1 Å². The lowest BCUT2D eigenvalue weighted by molar-refractivity contribution is 0.102. The van der Waals surface area contributed by atoms with E-state index in [9.17, 15) is 13.2 Å². The van der Waals surface area contributed by atoms with Crippen LogP contribution < -0.4 is 14.4 Å². The summed E-state index contributed by atoms with van der Waals surface area (Å²) in [6.07, 6.45) is 1.17. The zero-order valence-electron chi connectivity index (χ0n) is 20.5. The van der Waals surface area contributed by atoms with Crippen molar-refractivity contribution in [2.75, 3.05) is 22.5 Å². The maximum absolute atomic E-state index is 12.9. The zero-order chi connectivity index (χ0) is 26.0. The lowest BCUT2D eigenvalue weighted by Gasteiger charge is -2.23. The molecule has 0 spiro atoms. The van der Waals surface area contributed by atoms with Crippen LogP contribution >= 0.6 is 0 Å². The van der Waals surface area contributed by atoms with Gasteiger partial charge < -0.3 is 14.5 Å². The first-order valence-corrected chi connectivity index (χ1v) is 13.7. The molecule has 1 heterocycles. The van der Waals surface area contributed by atoms with Gasteiger partial charge in [0.1, 0.15) is 16.9 Å². The molecule has 7 nitrogen and oxygen atoms in total. The Hall–Kier alpha value is -4.30. The molecule has 0 bridgehead atoms. The third kappa shape index (κ3) is 5.29. The van der Waals surface area contributed by atoms with E-state index in [1.54, 1.807) is 48.5 Å². The summed E-state index contributed by atoms with van der Waals surface area (Å²) in [5, 5.41) is 4.92. The van der Waals surface area contributed by atoms with Crippen molar-refractivity contribution < 1.29 is 22.4 Å². The molecule has 0 saturated heterocycles. The normalized spacial score (nSPS) is 11.5. The Balaban J connectivity index is 1.31. The predicted molar refractivity (Wildman–Crippen MR) is 147 cm³/mol. The van der Waals surface area contributed by atoms with Gasteiger partial charge in [0.15, 0.2) is 0 Å². The number of carbonyl (C=O) groups excluding carboxylic acids is 1. The summed E-state index contributed by atoms with van der Waals surface area (Å²) >= 11 is 0. The fourth-order valence-electron chi connectivity index (χ4n) is 4.21. The summed E-state index contributed by atoms with van der Waals surface area (Å²) in [5.41, 5.74) is 3.86. The number of ether oxygens (including phenoxy) is 1. The van der Waals surface area contributed by atoms with Gasteiger partial charge in [-0.25, -0.2) is 8.42 Å². The number of rotatable bonds is 8. The number of nitrogens with one attached hydrogen (secondary N) is 1. The van der Waals surface area contributed by atoms with Crippen LogP contribution in [0, 0.1) is 0 Å². The topological polar surface area (TPSA) is 88.8 Å². The summed E-state index contributed by atoms with van der Waals surface area (Å²) in [4.78, 5) is 12.9. The Kier molecular flexibility index (Phi) is 6.58. The molecule has 1 N–H and O–H groups in total. The van der Waals surface area contributed by atoms with Gasteiger partial charge in [0.05, 0.1) is 25.1 Å². The van der Waals surface area contributed by atoms with Gasteiger partial charge in [0.25, 0.3) is 5.91 Å². The van der Waals surface area contributed by atoms with Gasteiger partial charge in [-0.2, -0.15) is 0 Å². The van der Waals surface area contributed by atoms with Crippen molar-refractivity contribution in [3.63, 3.8) is 0 Å². The van der Waals surface area contributed by atoms with E-state index < -0.39 is 10.0 Å². The third-order valence-electron chi connectivity index (χ3n) is 6.01. The van der Waals surface area contributed by atoms with Gasteiger partial charge in [-0.3, -0.25) is 9.10 Å². The standard InChI is InChI=1S/C29H26N2O5S/c1-3-35-24-15-13-23(14-16-24)31(37(2,33)34)19-20-8-10-21(11-9-20)29(32)30-22-12-17-26-25-6-4-5-7-27(25)36-28(26)18-22/h4-18H,3,19H2,1-2H3,(H,30,32). The van der Waals surface area contributed by atoms with Gasteiger partial charge in [0.2, 0.25) is 10.0 Å². The Morgan fingerprint density at radius 1 is 0.892 bits per heavy atom. The Labute approximate surface area is 215 Å². The molecular formula is C29H26N2O5S. The third-order valence-corrected chi connectivity index (χ3v) is 7.16. The number of furan rings is 1. The van der Waals surface area contributed by atoms with Crippen LogP contribution in [0.4, 0.5) is 11.4 Å². The lowest BCUT2D eigenvalue weighted by Crippen LogP contribution is -2.29. The number of sulfonamides is 1. The van der Waals surface area contributed by atoms with Crippen LogP contribution in [0.15, 0.2) is 95.4 Å². The Morgan fingerprint density at radius 2 is 1.59 bits per heavy atom. The molecule has 0 saturated carbocycles. The molecule has 0 radical (unpaired) electrons. The summed E-state index contributed by atoms with van der Waals surface area (Å²) in [6, 6.07) is 27.2. The number of hydrogen-bond acceptors (Lipinski definition) is 5. The quantitative estimate of drug-likeness (QED) is 0.266. The van der Waals surface area contributed by atoms with Crippen molar-refractivity contribution >= 4 is 49.2 Å². The summed E-state index contributed by atoms with van der Waals surface area (Å²) in [7, 11) is -3.53. The largest absolute Gasteiger partial charge is 0.494 e. The molecule has 0 aliphatic rings. The van der Waals surface area contributed by atoms with Gasteiger partial charge in [-0.1, -0.05) is 30.3 Å². The molecule has 0 aliphatic carbocycles. The Morgan fingerprint density at radius 3 is 2.30 bits per heavy atom. The van der Waals surface area contributed by atoms with Crippen LogP contribution in [0.3, 0.4) is 0 Å². The number of carbonyl (C=O) groups is 1. The smallest absolute Gasteiger partial charge is 0.255 e. The van der Waals surface area contributed by atoms with Crippen molar-refractivity contribution in [3.05, 3.63) is 102 Å². The molecule has 5 rings (SSSR count). The van der Waals surface area contributed by atoms with Crippen molar-refractivity contribution in [2.45, 2.75) is 13.5 Å². The molecular weight excluding hydrogens is 488 g/mol. The molecule has 0 fully saturated rings. The van der Waals surface area contributed by atoms with Crippen LogP contribution in [-0.4, -0.2) is 27.2 Å². The fraction of sp³-hybridized carbons (Fsp3) is 0.138. The van der Waals surface area contributed by atoms with E-state index in [-0.39, 0.29) is 12.5 Å². The minimum absolute atomic E-state index is 0.136. The zero-order valence-corrected chi connectivity index (χ0v) is 21.3. The molecule has 0 aliphatic heterocycles. The second-order valence-corrected chi connectivity index (χ2v) is 10.6. The second-order valence-electron chi connectivity index (χ2n) is 8.66. The van der Waals surface area contributed by atoms with E-state index in [0.717, 1.165) is 21.9 Å². The first-order chi connectivity index (χ1) is 17.8. The molecule has 8 heteroatoms. The van der Waals surface area contributed by atoms with Crippen LogP contribution in [0.2, 0.25) is 0 Å². The molecule has 1 amide bonds. The molecule has 1 aromatic heterocycles. The summed E-state index contributed by atoms with van der Waals surface area (Å²) in [5.74, 6) is 0.406. The number of para-hydroxylation sites is 1. The van der Waals surface area contributed by atoms with E-state index in [2.05, 4.69) is 5.32 Å². The molecule has 0 unspecified atom stereocenters. The van der Waals surface area contributed by atoms with E-state index in [4.69, 9.17) is 9.15 Å². The van der Waals surface area contributed by atoms with Crippen LogP contribution in [-0.2, 0) is 16.6 Å². The van der Waals surface area contributed by atoms with Gasteiger partial charge in [-0.15, -0.1) is 0 Å². The number of benzene rings is 4. The van der Waals surface area contributed by atoms with Crippen molar-refractivity contribution in [3.8, 4) is 5.75 Å². The summed E-state index contributed by atoms with van der Waals surface area (Å²) < 4.78 is 37.7. The van der Waals surface area contributed by atoms with Crippen molar-refractivity contribution in [1.29, 1.82) is 0 Å². The number of amides is 1.